The van der Waals surface area contributed by atoms with Gasteiger partial charge >= 0.3 is 0 Å². The van der Waals surface area contributed by atoms with Crippen molar-refractivity contribution in [3.05, 3.63) is 18.2 Å². The number of aliphatic hydroxyl groups excluding tert-OH is 2. The highest BCUT2D eigenvalue weighted by molar-refractivity contribution is 5.91. The third-order valence-electron chi connectivity index (χ3n) is 1.65. The Morgan fingerprint density at radius 3 is 3.00 bits per heavy atom. The average molecular weight is 199 g/mol. The van der Waals surface area contributed by atoms with E-state index in [1.807, 2.05) is 0 Å². The number of hydrogen-bond donors (Lipinski definition) is 3. The lowest BCUT2D eigenvalue weighted by Crippen LogP contribution is -2.34. The molecule has 14 heavy (non-hydrogen) atoms. The third-order valence-corrected chi connectivity index (χ3v) is 1.65. The van der Waals surface area contributed by atoms with Gasteiger partial charge in [0.1, 0.15) is 5.69 Å². The Bertz CT molecular complexity index is 311. The molecule has 0 aliphatic rings. The van der Waals surface area contributed by atoms with Crippen molar-refractivity contribution < 1.29 is 15.0 Å². The van der Waals surface area contributed by atoms with Gasteiger partial charge in [-0.3, -0.25) is 4.79 Å². The Hall–Kier alpha value is -1.40. The zero-order valence-corrected chi connectivity index (χ0v) is 7.84. The SMILES string of the molecule is Cn1cnc(C(=O)NCC(O)CO)c1. The Balaban J connectivity index is 2.43. The lowest BCUT2D eigenvalue weighted by atomic mass is 10.3. The normalized spacial score (nSPS) is 12.5. The van der Waals surface area contributed by atoms with Crippen LogP contribution in [0, 0.1) is 0 Å². The fraction of sp³-hybridized carbons (Fsp3) is 0.500. The van der Waals surface area contributed by atoms with Gasteiger partial charge in [0.25, 0.3) is 5.91 Å². The van der Waals surface area contributed by atoms with Gasteiger partial charge in [-0.25, -0.2) is 4.98 Å². The molecule has 0 aliphatic carbocycles. The molecule has 0 fully saturated rings. The van der Waals surface area contributed by atoms with Crippen LogP contribution in [0.3, 0.4) is 0 Å². The van der Waals surface area contributed by atoms with Crippen LogP contribution in [0.1, 0.15) is 10.5 Å². The number of amides is 1. The summed E-state index contributed by atoms with van der Waals surface area (Å²) in [6, 6.07) is 0. The monoisotopic (exact) mass is 199 g/mol. The van der Waals surface area contributed by atoms with Crippen LogP contribution in [0.15, 0.2) is 12.5 Å². The molecular weight excluding hydrogens is 186 g/mol. The first kappa shape index (κ1) is 10.7. The van der Waals surface area contributed by atoms with E-state index in [1.54, 1.807) is 17.8 Å². The van der Waals surface area contributed by atoms with Crippen LogP contribution in [0.25, 0.3) is 0 Å². The Kier molecular flexibility index (Phi) is 3.61. The van der Waals surface area contributed by atoms with Crippen molar-refractivity contribution in [3.8, 4) is 0 Å². The maximum Gasteiger partial charge on any atom is 0.271 e. The quantitative estimate of drug-likeness (QED) is 0.551. The maximum absolute atomic E-state index is 11.3. The van der Waals surface area contributed by atoms with Gasteiger partial charge in [0.2, 0.25) is 0 Å². The van der Waals surface area contributed by atoms with Crippen molar-refractivity contribution in [1.82, 2.24) is 14.9 Å². The number of carbonyl (C=O) groups is 1. The molecule has 0 radical (unpaired) electrons. The largest absolute Gasteiger partial charge is 0.394 e. The van der Waals surface area contributed by atoms with E-state index < -0.39 is 6.10 Å². The maximum atomic E-state index is 11.3. The molecule has 0 aromatic carbocycles. The van der Waals surface area contributed by atoms with E-state index in [1.165, 1.54) is 6.33 Å². The summed E-state index contributed by atoms with van der Waals surface area (Å²) in [5.41, 5.74) is 0.289. The minimum Gasteiger partial charge on any atom is -0.394 e. The fourth-order valence-corrected chi connectivity index (χ4v) is 0.896. The lowest BCUT2D eigenvalue weighted by Gasteiger charge is -2.07. The summed E-state index contributed by atoms with van der Waals surface area (Å²) in [5, 5.41) is 19.9. The molecule has 1 aromatic heterocycles. The Morgan fingerprint density at radius 2 is 2.50 bits per heavy atom. The Morgan fingerprint density at radius 1 is 1.79 bits per heavy atom. The molecule has 1 aromatic rings. The minimum atomic E-state index is -0.928. The lowest BCUT2D eigenvalue weighted by molar-refractivity contribution is 0.0799. The molecule has 1 rings (SSSR count). The van der Waals surface area contributed by atoms with Crippen LogP contribution in [-0.2, 0) is 7.05 Å². The van der Waals surface area contributed by atoms with Gasteiger partial charge in [-0.15, -0.1) is 0 Å². The predicted molar refractivity (Wildman–Crippen MR) is 48.6 cm³/mol. The summed E-state index contributed by atoms with van der Waals surface area (Å²) < 4.78 is 1.65. The second-order valence-electron chi connectivity index (χ2n) is 2.97. The van der Waals surface area contributed by atoms with Crippen LogP contribution in [0.2, 0.25) is 0 Å². The second kappa shape index (κ2) is 4.73. The number of aliphatic hydroxyl groups is 2. The summed E-state index contributed by atoms with van der Waals surface area (Å²) in [5.74, 6) is -0.363. The van der Waals surface area contributed by atoms with Gasteiger partial charge in [-0.1, -0.05) is 0 Å². The van der Waals surface area contributed by atoms with Crippen LogP contribution in [0.4, 0.5) is 0 Å². The smallest absolute Gasteiger partial charge is 0.271 e. The van der Waals surface area contributed by atoms with Crippen molar-refractivity contribution >= 4 is 5.91 Å². The topological polar surface area (TPSA) is 87.4 Å². The number of hydrogen-bond acceptors (Lipinski definition) is 4. The summed E-state index contributed by atoms with van der Waals surface area (Å²) in [4.78, 5) is 15.1. The van der Waals surface area contributed by atoms with Crippen molar-refractivity contribution in [3.63, 3.8) is 0 Å². The highest BCUT2D eigenvalue weighted by atomic mass is 16.3. The molecule has 78 valence electrons. The van der Waals surface area contributed by atoms with Gasteiger partial charge in [-0.2, -0.15) is 0 Å². The Labute approximate surface area is 81.2 Å². The van der Waals surface area contributed by atoms with Crippen LogP contribution < -0.4 is 5.32 Å². The minimum absolute atomic E-state index is 0.0197. The first-order valence-corrected chi connectivity index (χ1v) is 4.18. The highest BCUT2D eigenvalue weighted by Gasteiger charge is 2.09. The summed E-state index contributed by atoms with van der Waals surface area (Å²) in [6.45, 7) is -0.353. The molecule has 6 nitrogen and oxygen atoms in total. The van der Waals surface area contributed by atoms with Crippen molar-refractivity contribution in [2.75, 3.05) is 13.2 Å². The van der Waals surface area contributed by atoms with Gasteiger partial charge in [0.05, 0.1) is 19.0 Å². The number of imidazole rings is 1. The average Bonchev–Trinajstić information content (AvgIpc) is 2.60. The molecule has 1 heterocycles. The standard InChI is InChI=1S/C8H13N3O3/c1-11-3-7(10-5-11)8(14)9-2-6(13)4-12/h3,5-6,12-13H,2,4H2,1H3,(H,9,14). The molecule has 0 saturated heterocycles. The molecule has 1 amide bonds. The number of aromatic nitrogens is 2. The molecule has 1 unspecified atom stereocenters. The number of rotatable bonds is 4. The molecule has 3 N–H and O–H groups in total. The van der Waals surface area contributed by atoms with Gasteiger partial charge in [-0.05, 0) is 0 Å². The van der Waals surface area contributed by atoms with E-state index in [0.717, 1.165) is 0 Å². The van der Waals surface area contributed by atoms with E-state index in [2.05, 4.69) is 10.3 Å². The molecular formula is C8H13N3O3. The molecule has 0 bridgehead atoms. The number of nitrogens with one attached hydrogen (secondary N) is 1. The van der Waals surface area contributed by atoms with E-state index in [0.29, 0.717) is 0 Å². The number of carbonyl (C=O) groups excluding carboxylic acids is 1. The second-order valence-corrected chi connectivity index (χ2v) is 2.97. The fourth-order valence-electron chi connectivity index (χ4n) is 0.896. The van der Waals surface area contributed by atoms with E-state index in [4.69, 9.17) is 10.2 Å². The summed E-state index contributed by atoms with van der Waals surface area (Å²) >= 11 is 0. The van der Waals surface area contributed by atoms with E-state index in [-0.39, 0.29) is 24.8 Å². The molecule has 0 spiro atoms. The molecule has 1 atom stereocenters. The molecule has 0 saturated carbocycles. The van der Waals surface area contributed by atoms with Crippen LogP contribution in [-0.4, -0.2) is 44.9 Å². The van der Waals surface area contributed by atoms with Crippen molar-refractivity contribution in [2.24, 2.45) is 7.05 Å². The highest BCUT2D eigenvalue weighted by Crippen LogP contribution is 1.93. The molecule has 0 aliphatic heterocycles. The first-order valence-electron chi connectivity index (χ1n) is 4.18. The van der Waals surface area contributed by atoms with E-state index in [9.17, 15) is 4.79 Å². The molecule has 6 heteroatoms. The first-order chi connectivity index (χ1) is 6.63. The summed E-state index contributed by atoms with van der Waals surface area (Å²) in [6.07, 6.45) is 2.15. The summed E-state index contributed by atoms with van der Waals surface area (Å²) in [7, 11) is 1.76. The van der Waals surface area contributed by atoms with Gasteiger partial charge < -0.3 is 20.1 Å². The van der Waals surface area contributed by atoms with Crippen molar-refractivity contribution in [1.29, 1.82) is 0 Å². The predicted octanol–water partition coefficient (Wildman–Crippen LogP) is -1.50. The zero-order chi connectivity index (χ0) is 10.6. The van der Waals surface area contributed by atoms with Crippen molar-refractivity contribution in [2.45, 2.75) is 6.10 Å². The van der Waals surface area contributed by atoms with Crippen LogP contribution >= 0.6 is 0 Å². The van der Waals surface area contributed by atoms with Gasteiger partial charge in [0.15, 0.2) is 0 Å². The van der Waals surface area contributed by atoms with Crippen LogP contribution in [0.5, 0.6) is 0 Å². The van der Waals surface area contributed by atoms with Gasteiger partial charge in [0, 0.05) is 19.8 Å². The number of aryl methyl sites for hydroxylation is 1. The number of nitrogens with zero attached hydrogens (tertiary/aromatic N) is 2. The van der Waals surface area contributed by atoms with E-state index >= 15 is 0 Å². The zero-order valence-electron chi connectivity index (χ0n) is 7.84. The third kappa shape index (κ3) is 2.82.